The molecule has 0 bridgehead atoms. The van der Waals surface area contributed by atoms with Crippen LogP contribution in [0, 0.1) is 60.8 Å². The molecule has 4 rings (SSSR count). The van der Waals surface area contributed by atoms with E-state index in [1.807, 2.05) is 0 Å². The zero-order valence-corrected chi connectivity index (χ0v) is 17.6. The third kappa shape index (κ3) is 1.68. The summed E-state index contributed by atoms with van der Waals surface area (Å²) < 4.78 is 0. The fraction of sp³-hybridized carbons (Fsp3) is 0.462. The van der Waals surface area contributed by atoms with Gasteiger partial charge >= 0.3 is 0 Å². The second kappa shape index (κ2) is 5.26. The lowest BCUT2D eigenvalue weighted by Gasteiger charge is -2.51. The Balaban J connectivity index is 2.21. The maximum atomic E-state index is 6.37. The summed E-state index contributed by atoms with van der Waals surface area (Å²) in [7, 11) is 0. The Morgan fingerprint density at radius 3 is 1.69 bits per heavy atom. The molecule has 2 aromatic carbocycles. The van der Waals surface area contributed by atoms with Crippen molar-refractivity contribution in [2.75, 3.05) is 0 Å². The highest BCUT2D eigenvalue weighted by Gasteiger charge is 2.55. The van der Waals surface area contributed by atoms with Crippen LogP contribution in [-0.2, 0) is 18.3 Å². The predicted octanol–water partition coefficient (Wildman–Crippen LogP) is 5.98. The van der Waals surface area contributed by atoms with Crippen molar-refractivity contribution in [1.29, 1.82) is 0 Å². The number of rotatable bonds is 0. The third-order valence-corrected chi connectivity index (χ3v) is 8.09. The summed E-state index contributed by atoms with van der Waals surface area (Å²) in [4.78, 5) is 0. The molecule has 134 valence electrons. The van der Waals surface area contributed by atoms with Crippen LogP contribution in [0.25, 0.3) is 0 Å². The van der Waals surface area contributed by atoms with E-state index in [0.717, 1.165) is 12.8 Å². The lowest BCUT2D eigenvalue weighted by molar-refractivity contribution is 0.461. The predicted molar refractivity (Wildman–Crippen MR) is 111 cm³/mol. The van der Waals surface area contributed by atoms with Gasteiger partial charge in [0.25, 0.3) is 0 Å². The fourth-order valence-corrected chi connectivity index (χ4v) is 6.00. The lowest BCUT2D eigenvalue weighted by atomic mass is 9.50. The van der Waals surface area contributed by atoms with E-state index in [9.17, 15) is 0 Å². The fourth-order valence-electron chi connectivity index (χ4n) is 6.00. The van der Waals surface area contributed by atoms with Gasteiger partial charge in [-0.15, -0.1) is 6.42 Å². The number of hydrogen-bond acceptors (Lipinski definition) is 0. The Bertz CT molecular complexity index is 1030. The van der Waals surface area contributed by atoms with Crippen LogP contribution in [-0.4, -0.2) is 0 Å². The van der Waals surface area contributed by atoms with Gasteiger partial charge in [-0.3, -0.25) is 0 Å². The molecule has 0 spiro atoms. The highest BCUT2D eigenvalue weighted by atomic mass is 14.6. The van der Waals surface area contributed by atoms with E-state index in [4.69, 9.17) is 6.42 Å². The van der Waals surface area contributed by atoms with Crippen LogP contribution in [0.15, 0.2) is 0 Å². The van der Waals surface area contributed by atoms with Crippen molar-refractivity contribution in [1.82, 2.24) is 0 Å². The first-order valence-corrected chi connectivity index (χ1v) is 9.90. The first kappa shape index (κ1) is 17.4. The van der Waals surface area contributed by atoms with Gasteiger partial charge in [0, 0.05) is 5.92 Å². The van der Waals surface area contributed by atoms with Crippen molar-refractivity contribution in [2.24, 2.45) is 0 Å². The topological polar surface area (TPSA) is 0 Å². The van der Waals surface area contributed by atoms with Gasteiger partial charge in [0.2, 0.25) is 0 Å². The van der Waals surface area contributed by atoms with E-state index >= 15 is 0 Å². The molecular weight excluding hydrogens is 312 g/mol. The SMILES string of the molecule is C#CC12c3c(C)c(C)c(C)c(C)c3CCc3c(C)c(C)c(C)c(c31)C2C. The quantitative estimate of drug-likeness (QED) is 0.517. The van der Waals surface area contributed by atoms with Gasteiger partial charge in [0.1, 0.15) is 0 Å². The molecule has 2 aliphatic rings. The van der Waals surface area contributed by atoms with Crippen LogP contribution in [0.2, 0.25) is 0 Å². The molecule has 0 radical (unpaired) electrons. The van der Waals surface area contributed by atoms with E-state index in [0.29, 0.717) is 5.92 Å². The summed E-state index contributed by atoms with van der Waals surface area (Å²) in [5, 5.41) is 0. The Kier molecular flexibility index (Phi) is 3.52. The molecule has 0 N–H and O–H groups in total. The molecule has 2 aliphatic carbocycles. The average Bonchev–Trinajstić information content (AvgIpc) is 2.76. The zero-order valence-electron chi connectivity index (χ0n) is 17.6. The van der Waals surface area contributed by atoms with E-state index in [1.165, 1.54) is 66.8 Å². The minimum Gasteiger partial charge on any atom is -0.119 e. The molecule has 0 amide bonds. The van der Waals surface area contributed by atoms with Gasteiger partial charge in [-0.1, -0.05) is 12.8 Å². The van der Waals surface area contributed by atoms with Crippen LogP contribution in [0.1, 0.15) is 79.6 Å². The van der Waals surface area contributed by atoms with Crippen LogP contribution in [0.5, 0.6) is 0 Å². The maximum absolute atomic E-state index is 6.37. The minimum absolute atomic E-state index is 0.243. The second-order valence-electron chi connectivity index (χ2n) is 8.67. The van der Waals surface area contributed by atoms with Gasteiger partial charge in [0.05, 0.1) is 5.41 Å². The molecule has 26 heavy (non-hydrogen) atoms. The van der Waals surface area contributed by atoms with Gasteiger partial charge in [-0.2, -0.15) is 0 Å². The summed E-state index contributed by atoms with van der Waals surface area (Å²) in [5.74, 6) is 3.73. The van der Waals surface area contributed by atoms with Gasteiger partial charge in [-0.05, 0) is 128 Å². The highest BCUT2D eigenvalue weighted by molar-refractivity contribution is 5.74. The van der Waals surface area contributed by atoms with Crippen molar-refractivity contribution in [3.05, 3.63) is 66.8 Å². The van der Waals surface area contributed by atoms with E-state index in [2.05, 4.69) is 61.3 Å². The maximum Gasteiger partial charge on any atom is 0.0886 e. The van der Waals surface area contributed by atoms with Gasteiger partial charge in [-0.25, -0.2) is 0 Å². The number of terminal acetylenes is 1. The normalized spacial score (nSPS) is 22.8. The molecule has 0 heterocycles. The van der Waals surface area contributed by atoms with Crippen LogP contribution in [0.3, 0.4) is 0 Å². The molecule has 0 fully saturated rings. The molecule has 2 aromatic rings. The summed E-state index contributed by atoms with van der Waals surface area (Å²) in [6, 6.07) is 0. The van der Waals surface area contributed by atoms with Gasteiger partial charge < -0.3 is 0 Å². The number of fused-ring (bicyclic) bond motifs is 2. The van der Waals surface area contributed by atoms with E-state index in [-0.39, 0.29) is 5.41 Å². The first-order valence-electron chi connectivity index (χ1n) is 9.90. The van der Waals surface area contributed by atoms with Crippen LogP contribution in [0.4, 0.5) is 0 Å². The van der Waals surface area contributed by atoms with Crippen LogP contribution < -0.4 is 0 Å². The van der Waals surface area contributed by atoms with Crippen LogP contribution >= 0.6 is 0 Å². The smallest absolute Gasteiger partial charge is 0.0886 e. The molecule has 0 saturated carbocycles. The van der Waals surface area contributed by atoms with Crippen molar-refractivity contribution < 1.29 is 0 Å². The molecule has 0 saturated heterocycles. The summed E-state index contributed by atoms with van der Waals surface area (Å²) in [6.45, 7) is 18.4. The Morgan fingerprint density at radius 1 is 0.692 bits per heavy atom. The van der Waals surface area contributed by atoms with Crippen molar-refractivity contribution in [3.8, 4) is 12.3 Å². The standard InChI is InChI=1S/C26H30/c1-10-26-20(9)23-18(7)15(4)17(6)22(25(23)26)12-11-21-16(5)13(2)14(3)19(8)24(21)26/h1,20H,11-12H2,2-9H3. The monoisotopic (exact) mass is 342 g/mol. The second-order valence-corrected chi connectivity index (χ2v) is 8.67. The largest absolute Gasteiger partial charge is 0.119 e. The minimum atomic E-state index is -0.243. The molecule has 2 atom stereocenters. The molecule has 0 heteroatoms. The molecule has 0 nitrogen and oxygen atoms in total. The van der Waals surface area contributed by atoms with Crippen molar-refractivity contribution >= 4 is 0 Å². The molecule has 0 aromatic heterocycles. The Morgan fingerprint density at radius 2 is 1.15 bits per heavy atom. The zero-order chi connectivity index (χ0) is 19.1. The van der Waals surface area contributed by atoms with E-state index in [1.54, 1.807) is 0 Å². The highest BCUT2D eigenvalue weighted by Crippen LogP contribution is 2.61. The molecular formula is C26H30. The average molecular weight is 343 g/mol. The molecule has 0 aliphatic heterocycles. The third-order valence-electron chi connectivity index (χ3n) is 8.09. The van der Waals surface area contributed by atoms with Crippen molar-refractivity contribution in [3.63, 3.8) is 0 Å². The summed E-state index contributed by atoms with van der Waals surface area (Å²) in [6.07, 6.45) is 8.59. The van der Waals surface area contributed by atoms with Gasteiger partial charge in [0.15, 0.2) is 0 Å². The Hall–Kier alpha value is -2.00. The number of hydrogen-bond donors (Lipinski definition) is 0. The molecule has 2 unspecified atom stereocenters. The first-order chi connectivity index (χ1) is 12.2. The summed E-state index contributed by atoms with van der Waals surface area (Å²) in [5.41, 5.74) is 17.4. The van der Waals surface area contributed by atoms with Crippen molar-refractivity contribution in [2.45, 2.75) is 79.6 Å². The lowest BCUT2D eigenvalue weighted by Crippen LogP contribution is -2.45. The summed E-state index contributed by atoms with van der Waals surface area (Å²) >= 11 is 0. The van der Waals surface area contributed by atoms with E-state index < -0.39 is 0 Å². The Labute approximate surface area is 159 Å². The number of benzene rings is 2.